The molecule has 0 amide bonds. The van der Waals surface area contributed by atoms with E-state index in [1.807, 2.05) is 0 Å². The fourth-order valence-corrected chi connectivity index (χ4v) is 15.8. The molecule has 0 saturated heterocycles. The van der Waals surface area contributed by atoms with E-state index in [0.717, 1.165) is 5.69 Å². The van der Waals surface area contributed by atoms with E-state index in [-0.39, 0.29) is 7.12 Å². The summed E-state index contributed by atoms with van der Waals surface area (Å²) in [6.07, 6.45) is 0. The van der Waals surface area contributed by atoms with Crippen LogP contribution in [0.1, 0.15) is 0 Å². The number of rotatable bonds is 5. The van der Waals surface area contributed by atoms with Gasteiger partial charge in [0, 0.05) is 44.6 Å². The minimum Gasteiger partial charge on any atom is -0.344 e. The number of anilines is 6. The van der Waals surface area contributed by atoms with E-state index in [0.29, 0.717) is 0 Å². The molecule has 270 valence electrons. The highest BCUT2D eigenvalue weighted by atomic mass is 28.3. The summed E-state index contributed by atoms with van der Waals surface area (Å²) in [5.74, 6) is 0. The number of nitrogens with zero attached hydrogens (tertiary/aromatic N) is 4. The lowest BCUT2D eigenvalue weighted by molar-refractivity contribution is 1.18. The highest BCUT2D eigenvalue weighted by Gasteiger charge is 2.56. The fourth-order valence-electron chi connectivity index (χ4n) is 10.8. The van der Waals surface area contributed by atoms with Gasteiger partial charge in [-0.15, -0.1) is 0 Å². The van der Waals surface area contributed by atoms with E-state index in [4.69, 9.17) is 0 Å². The molecule has 0 atom stereocenters. The van der Waals surface area contributed by atoms with Crippen LogP contribution in [0, 0.1) is 0 Å². The first-order valence-corrected chi connectivity index (χ1v) is 22.1. The van der Waals surface area contributed by atoms with Crippen LogP contribution in [-0.2, 0) is 0 Å². The molecule has 0 radical (unpaired) electrons. The zero-order valence-corrected chi connectivity index (χ0v) is 32.6. The van der Waals surface area contributed by atoms with Crippen molar-refractivity contribution >= 4 is 103 Å². The van der Waals surface area contributed by atoms with Crippen molar-refractivity contribution in [3.8, 4) is 5.69 Å². The average molecular weight is 755 g/mol. The maximum atomic E-state index is 2.70. The molecule has 9 aromatic carbocycles. The standard InChI is InChI=1S/C52H35BN4Si/c1-5-20-37(21-6-1)54-41-28-15-32-45-50(41)51-42(54)29-16-33-46(51)56-47-34-17-35-48(52(47)57-44-31-14-19-36-18-13-30-43(49(36)44)55(45)53(56)57)58(38-22-7-2-8-23-38,39-24-9-3-10-25-39)40-26-11-4-12-27-40/h1-35H. The van der Waals surface area contributed by atoms with E-state index in [1.165, 1.54) is 87.4 Å². The van der Waals surface area contributed by atoms with Gasteiger partial charge in [-0.2, -0.15) is 0 Å². The highest BCUT2D eigenvalue weighted by Crippen LogP contribution is 2.59. The molecule has 0 spiro atoms. The van der Waals surface area contributed by atoms with E-state index >= 15 is 0 Å². The highest BCUT2D eigenvalue weighted by molar-refractivity contribution is 7.20. The van der Waals surface area contributed by atoms with Crippen molar-refractivity contribution in [3.05, 3.63) is 212 Å². The quantitative estimate of drug-likeness (QED) is 0.129. The molecule has 0 N–H and O–H groups in total. The minimum atomic E-state index is -2.98. The van der Waals surface area contributed by atoms with Gasteiger partial charge in [0.15, 0.2) is 8.07 Å². The normalized spacial score (nSPS) is 13.7. The van der Waals surface area contributed by atoms with E-state index in [1.54, 1.807) is 0 Å². The van der Waals surface area contributed by atoms with Gasteiger partial charge in [-0.3, -0.25) is 0 Å². The molecule has 4 heterocycles. The van der Waals surface area contributed by atoms with Crippen molar-refractivity contribution in [2.75, 3.05) is 14.4 Å². The van der Waals surface area contributed by atoms with Crippen molar-refractivity contribution in [1.82, 2.24) is 4.57 Å². The van der Waals surface area contributed by atoms with Crippen molar-refractivity contribution in [1.29, 1.82) is 0 Å². The molecule has 0 bridgehead atoms. The first-order valence-electron chi connectivity index (χ1n) is 20.1. The Hall–Kier alpha value is -7.28. The molecular formula is C52H35BN4Si. The first kappa shape index (κ1) is 31.9. The summed E-state index contributed by atoms with van der Waals surface area (Å²) in [4.78, 5) is 8.00. The van der Waals surface area contributed by atoms with Gasteiger partial charge in [0.2, 0.25) is 0 Å². The first-order chi connectivity index (χ1) is 28.8. The second kappa shape index (κ2) is 11.9. The summed E-state index contributed by atoms with van der Waals surface area (Å²) in [5.41, 5.74) is 11.0. The molecule has 3 aliphatic rings. The fraction of sp³-hybridized carbons (Fsp3) is 0. The molecule has 3 aliphatic heterocycles. The number of para-hydroxylation sites is 2. The molecule has 58 heavy (non-hydrogen) atoms. The monoisotopic (exact) mass is 754 g/mol. The molecule has 1 aromatic heterocycles. The summed E-state index contributed by atoms with van der Waals surface area (Å²) in [6.45, 7) is 0. The van der Waals surface area contributed by atoms with Crippen LogP contribution < -0.4 is 35.2 Å². The average Bonchev–Trinajstić information content (AvgIpc) is 3.78. The van der Waals surface area contributed by atoms with Crippen LogP contribution in [0.4, 0.5) is 34.1 Å². The number of aromatic nitrogens is 1. The number of fused-ring (bicyclic) bond motifs is 7. The molecule has 0 saturated carbocycles. The van der Waals surface area contributed by atoms with Gasteiger partial charge in [-0.1, -0.05) is 158 Å². The number of hydrogen-bond donors (Lipinski definition) is 0. The van der Waals surface area contributed by atoms with Gasteiger partial charge < -0.3 is 19.0 Å². The van der Waals surface area contributed by atoms with Gasteiger partial charge in [0.25, 0.3) is 0 Å². The Kier molecular flexibility index (Phi) is 6.52. The van der Waals surface area contributed by atoms with Gasteiger partial charge in [0.1, 0.15) is 0 Å². The Labute approximate surface area is 338 Å². The lowest BCUT2D eigenvalue weighted by Crippen LogP contribution is -2.75. The maximum absolute atomic E-state index is 2.98. The third-order valence-corrected chi connectivity index (χ3v) is 17.7. The van der Waals surface area contributed by atoms with Crippen LogP contribution >= 0.6 is 0 Å². The molecule has 0 fully saturated rings. The van der Waals surface area contributed by atoms with Crippen LogP contribution in [0.25, 0.3) is 38.3 Å². The summed E-state index contributed by atoms with van der Waals surface area (Å²) in [7, 11) is -3.17. The zero-order valence-electron chi connectivity index (χ0n) is 31.6. The maximum Gasteiger partial charge on any atom is 0.519 e. The summed E-state index contributed by atoms with van der Waals surface area (Å²) in [6, 6.07) is 79.5. The Balaban J connectivity index is 1.22. The summed E-state index contributed by atoms with van der Waals surface area (Å²) >= 11 is 0. The summed E-state index contributed by atoms with van der Waals surface area (Å²) in [5, 5.41) is 10.5. The molecule has 4 nitrogen and oxygen atoms in total. The number of benzene rings is 9. The van der Waals surface area contributed by atoms with Crippen LogP contribution in [0.2, 0.25) is 0 Å². The third-order valence-electron chi connectivity index (χ3n) is 12.9. The Morgan fingerprint density at radius 2 is 0.741 bits per heavy atom. The Morgan fingerprint density at radius 1 is 0.328 bits per heavy atom. The SMILES string of the molecule is c1ccc(-n2c3cccc4c3c3c(cccc32)N2B3N(c5c(cccc5[Si](c5ccccc5)(c5ccccc5)c5ccccc5)N34)c3cccc4cccc2c34)cc1. The van der Waals surface area contributed by atoms with Crippen LogP contribution in [0.15, 0.2) is 212 Å². The number of hydrogen-bond acceptors (Lipinski definition) is 3. The van der Waals surface area contributed by atoms with Crippen molar-refractivity contribution in [2.24, 2.45) is 0 Å². The van der Waals surface area contributed by atoms with Gasteiger partial charge in [-0.25, -0.2) is 0 Å². The van der Waals surface area contributed by atoms with Crippen LogP contribution in [0.3, 0.4) is 0 Å². The topological polar surface area (TPSA) is 14.7 Å². The van der Waals surface area contributed by atoms with Crippen LogP contribution in [0.5, 0.6) is 0 Å². The second-order valence-corrected chi connectivity index (χ2v) is 19.4. The lowest BCUT2D eigenvalue weighted by atomic mass is 9.78. The zero-order chi connectivity index (χ0) is 38.0. The molecule has 0 unspecified atom stereocenters. The lowest BCUT2D eigenvalue weighted by Gasteiger charge is -2.43. The van der Waals surface area contributed by atoms with Crippen molar-refractivity contribution in [3.63, 3.8) is 0 Å². The molecule has 0 aliphatic carbocycles. The van der Waals surface area contributed by atoms with Crippen molar-refractivity contribution in [2.45, 2.75) is 0 Å². The Bertz CT molecular complexity index is 3160. The van der Waals surface area contributed by atoms with Gasteiger partial charge >= 0.3 is 7.12 Å². The minimum absolute atomic E-state index is 0.195. The predicted octanol–water partition coefficient (Wildman–Crippen LogP) is 10.1. The molecule has 10 aromatic rings. The third kappa shape index (κ3) is 3.99. The molecule has 13 rings (SSSR count). The largest absolute Gasteiger partial charge is 0.519 e. The van der Waals surface area contributed by atoms with Crippen molar-refractivity contribution < 1.29 is 0 Å². The second-order valence-electron chi connectivity index (χ2n) is 15.6. The smallest absolute Gasteiger partial charge is 0.344 e. The van der Waals surface area contributed by atoms with Gasteiger partial charge in [0.05, 0.1) is 22.4 Å². The van der Waals surface area contributed by atoms with E-state index in [9.17, 15) is 0 Å². The van der Waals surface area contributed by atoms with Crippen LogP contribution in [-0.4, -0.2) is 19.8 Å². The summed E-state index contributed by atoms with van der Waals surface area (Å²) < 4.78 is 2.46. The van der Waals surface area contributed by atoms with E-state index in [2.05, 4.69) is 231 Å². The Morgan fingerprint density at radius 3 is 1.28 bits per heavy atom. The molecule has 6 heteroatoms. The van der Waals surface area contributed by atoms with Gasteiger partial charge in [-0.05, 0) is 80.7 Å². The predicted molar refractivity (Wildman–Crippen MR) is 247 cm³/mol. The molecular weight excluding hydrogens is 719 g/mol. The van der Waals surface area contributed by atoms with E-state index < -0.39 is 8.07 Å².